The third kappa shape index (κ3) is 1.88. The van der Waals surface area contributed by atoms with Crippen molar-refractivity contribution in [3.8, 4) is 16.9 Å². The number of anilines is 1. The second-order valence-electron chi connectivity index (χ2n) is 3.51. The van der Waals surface area contributed by atoms with E-state index >= 15 is 0 Å². The zero-order valence-electron chi connectivity index (χ0n) is 8.55. The first-order valence-corrected chi connectivity index (χ1v) is 4.85. The highest BCUT2D eigenvalue weighted by atomic mass is 16.3. The molecular weight excluding hydrogens is 202 g/mol. The summed E-state index contributed by atoms with van der Waals surface area (Å²) in [5, 5.41) is 9.18. The van der Waals surface area contributed by atoms with Gasteiger partial charge in [-0.25, -0.2) is 0 Å². The van der Waals surface area contributed by atoms with E-state index in [-0.39, 0.29) is 5.75 Å². The molecule has 3 N–H and O–H groups in total. The number of benzene rings is 2. The minimum Gasteiger partial charge on any atom is -0.508 e. The van der Waals surface area contributed by atoms with Crippen molar-refractivity contribution in [3.05, 3.63) is 48.0 Å². The van der Waals surface area contributed by atoms with Crippen LogP contribution in [0.3, 0.4) is 0 Å². The normalized spacial score (nSPS) is 10.0. The molecular formula is C13H11NO2. The third-order valence-corrected chi connectivity index (χ3v) is 2.39. The van der Waals surface area contributed by atoms with Crippen molar-refractivity contribution in [1.82, 2.24) is 0 Å². The summed E-state index contributed by atoms with van der Waals surface area (Å²) in [4.78, 5) is 10.6. The largest absolute Gasteiger partial charge is 0.508 e. The minimum atomic E-state index is 0.215. The fraction of sp³-hybridized carbons (Fsp3) is 0. The van der Waals surface area contributed by atoms with Crippen LogP contribution in [0, 0.1) is 0 Å². The Morgan fingerprint density at radius 1 is 1.06 bits per heavy atom. The van der Waals surface area contributed by atoms with Gasteiger partial charge in [0, 0.05) is 16.8 Å². The van der Waals surface area contributed by atoms with E-state index in [1.807, 2.05) is 0 Å². The van der Waals surface area contributed by atoms with Gasteiger partial charge in [-0.3, -0.25) is 4.79 Å². The molecule has 0 aliphatic rings. The summed E-state index contributed by atoms with van der Waals surface area (Å²) < 4.78 is 0. The van der Waals surface area contributed by atoms with Crippen LogP contribution in [0.15, 0.2) is 42.5 Å². The quantitative estimate of drug-likeness (QED) is 0.595. The Kier molecular flexibility index (Phi) is 2.60. The van der Waals surface area contributed by atoms with Gasteiger partial charge in [0.05, 0.1) is 0 Å². The lowest BCUT2D eigenvalue weighted by molar-refractivity contribution is 0.112. The van der Waals surface area contributed by atoms with Gasteiger partial charge in [0.1, 0.15) is 12.0 Å². The number of aromatic hydroxyl groups is 1. The van der Waals surface area contributed by atoms with Crippen molar-refractivity contribution >= 4 is 12.0 Å². The van der Waals surface area contributed by atoms with Crippen LogP contribution in [-0.4, -0.2) is 11.4 Å². The average molecular weight is 213 g/mol. The molecule has 80 valence electrons. The zero-order valence-corrected chi connectivity index (χ0v) is 8.55. The van der Waals surface area contributed by atoms with Gasteiger partial charge in [-0.15, -0.1) is 0 Å². The molecule has 2 rings (SSSR count). The second-order valence-corrected chi connectivity index (χ2v) is 3.51. The maximum atomic E-state index is 10.6. The lowest BCUT2D eigenvalue weighted by Crippen LogP contribution is -1.92. The Hall–Kier alpha value is -2.29. The topological polar surface area (TPSA) is 63.3 Å². The predicted molar refractivity (Wildman–Crippen MR) is 63.3 cm³/mol. The van der Waals surface area contributed by atoms with Gasteiger partial charge in [0.15, 0.2) is 0 Å². The molecule has 2 aromatic rings. The highest BCUT2D eigenvalue weighted by Crippen LogP contribution is 2.27. The van der Waals surface area contributed by atoms with E-state index in [4.69, 9.17) is 5.73 Å². The van der Waals surface area contributed by atoms with E-state index in [0.29, 0.717) is 11.3 Å². The number of hydrogen-bond acceptors (Lipinski definition) is 3. The number of phenols is 1. The number of rotatable bonds is 2. The summed E-state index contributed by atoms with van der Waals surface area (Å²) in [6.07, 6.45) is 0.761. The van der Waals surface area contributed by atoms with E-state index in [2.05, 4.69) is 0 Å². The number of aldehydes is 1. The summed E-state index contributed by atoms with van der Waals surface area (Å²) >= 11 is 0. The second kappa shape index (κ2) is 4.06. The molecule has 0 amide bonds. The van der Waals surface area contributed by atoms with Gasteiger partial charge in [-0.1, -0.05) is 24.3 Å². The predicted octanol–water partition coefficient (Wildman–Crippen LogP) is 2.45. The number of phenolic OH excluding ortho intramolecular Hbond substituents is 1. The molecule has 0 fully saturated rings. The van der Waals surface area contributed by atoms with Crippen LogP contribution in [0.4, 0.5) is 5.69 Å². The average Bonchev–Trinajstić information content (AvgIpc) is 2.30. The molecule has 0 spiro atoms. The van der Waals surface area contributed by atoms with Gasteiger partial charge < -0.3 is 10.8 Å². The molecule has 16 heavy (non-hydrogen) atoms. The number of carbonyl (C=O) groups excluding carboxylic acids is 1. The molecule has 3 nitrogen and oxygen atoms in total. The number of carbonyl (C=O) groups is 1. The van der Waals surface area contributed by atoms with E-state index in [0.717, 1.165) is 17.4 Å². The fourth-order valence-corrected chi connectivity index (χ4v) is 1.56. The summed E-state index contributed by atoms with van der Waals surface area (Å²) in [5.74, 6) is 0.215. The Balaban J connectivity index is 2.48. The van der Waals surface area contributed by atoms with Gasteiger partial charge in [0.2, 0.25) is 0 Å². The molecule has 0 saturated carbocycles. The maximum absolute atomic E-state index is 10.6. The van der Waals surface area contributed by atoms with Crippen LogP contribution in [-0.2, 0) is 0 Å². The molecule has 0 heterocycles. The highest BCUT2D eigenvalue weighted by Gasteiger charge is 2.03. The fourth-order valence-electron chi connectivity index (χ4n) is 1.56. The molecule has 0 radical (unpaired) electrons. The summed E-state index contributed by atoms with van der Waals surface area (Å²) in [6, 6.07) is 11.9. The molecule has 3 heteroatoms. The molecule has 0 bridgehead atoms. The van der Waals surface area contributed by atoms with Gasteiger partial charge in [-0.05, 0) is 23.8 Å². The summed E-state index contributed by atoms with van der Waals surface area (Å²) in [5.41, 5.74) is 8.71. The Bertz CT molecular complexity index is 518. The van der Waals surface area contributed by atoms with E-state index in [9.17, 15) is 9.90 Å². The van der Waals surface area contributed by atoms with E-state index in [1.54, 1.807) is 42.5 Å². The Morgan fingerprint density at radius 3 is 2.31 bits per heavy atom. The minimum absolute atomic E-state index is 0.215. The summed E-state index contributed by atoms with van der Waals surface area (Å²) in [7, 11) is 0. The first-order valence-electron chi connectivity index (χ1n) is 4.85. The first kappa shape index (κ1) is 10.2. The Morgan fingerprint density at radius 2 is 1.75 bits per heavy atom. The molecule has 0 aromatic heterocycles. The molecule has 0 unspecified atom stereocenters. The first-order chi connectivity index (χ1) is 7.70. The van der Waals surface area contributed by atoms with Crippen LogP contribution < -0.4 is 5.73 Å². The standard InChI is InChI=1S/C13H11NO2/c14-13-7-9(8-15)1-6-12(13)10-2-4-11(16)5-3-10/h1-8,16H,14H2. The number of nitrogens with two attached hydrogens (primary N) is 1. The monoisotopic (exact) mass is 213 g/mol. The Labute approximate surface area is 93.1 Å². The van der Waals surface area contributed by atoms with Crippen molar-refractivity contribution < 1.29 is 9.90 Å². The van der Waals surface area contributed by atoms with Gasteiger partial charge >= 0.3 is 0 Å². The van der Waals surface area contributed by atoms with Crippen LogP contribution in [0.1, 0.15) is 10.4 Å². The van der Waals surface area contributed by atoms with Crippen LogP contribution >= 0.6 is 0 Å². The van der Waals surface area contributed by atoms with Crippen molar-refractivity contribution in [2.75, 3.05) is 5.73 Å². The zero-order chi connectivity index (χ0) is 11.5. The maximum Gasteiger partial charge on any atom is 0.150 e. The van der Waals surface area contributed by atoms with Crippen LogP contribution in [0.2, 0.25) is 0 Å². The van der Waals surface area contributed by atoms with Crippen molar-refractivity contribution in [2.24, 2.45) is 0 Å². The van der Waals surface area contributed by atoms with Crippen LogP contribution in [0.5, 0.6) is 5.75 Å². The van der Waals surface area contributed by atoms with E-state index in [1.165, 1.54) is 0 Å². The molecule has 0 aliphatic carbocycles. The van der Waals surface area contributed by atoms with Crippen molar-refractivity contribution in [2.45, 2.75) is 0 Å². The number of hydrogen-bond donors (Lipinski definition) is 2. The molecule has 0 atom stereocenters. The lowest BCUT2D eigenvalue weighted by atomic mass is 10.0. The van der Waals surface area contributed by atoms with Crippen molar-refractivity contribution in [1.29, 1.82) is 0 Å². The molecule has 2 aromatic carbocycles. The molecule has 0 saturated heterocycles. The highest BCUT2D eigenvalue weighted by molar-refractivity contribution is 5.83. The van der Waals surface area contributed by atoms with Crippen molar-refractivity contribution in [3.63, 3.8) is 0 Å². The third-order valence-electron chi connectivity index (χ3n) is 2.39. The number of nitrogen functional groups attached to an aromatic ring is 1. The van der Waals surface area contributed by atoms with Gasteiger partial charge in [-0.2, -0.15) is 0 Å². The van der Waals surface area contributed by atoms with E-state index < -0.39 is 0 Å². The van der Waals surface area contributed by atoms with Crippen LogP contribution in [0.25, 0.3) is 11.1 Å². The van der Waals surface area contributed by atoms with Gasteiger partial charge in [0.25, 0.3) is 0 Å². The SMILES string of the molecule is Nc1cc(C=O)ccc1-c1ccc(O)cc1. The lowest BCUT2D eigenvalue weighted by Gasteiger charge is -2.06. The molecule has 0 aliphatic heterocycles. The smallest absolute Gasteiger partial charge is 0.150 e. The summed E-state index contributed by atoms with van der Waals surface area (Å²) in [6.45, 7) is 0.